The second kappa shape index (κ2) is 4.99. The van der Waals surface area contributed by atoms with Crippen molar-refractivity contribution >= 4 is 21.6 Å². The molecule has 0 saturated heterocycles. The zero-order valence-corrected chi connectivity index (χ0v) is 10.3. The van der Waals surface area contributed by atoms with Crippen molar-refractivity contribution in [3.63, 3.8) is 0 Å². The molecule has 2 unspecified atom stereocenters. The topological polar surface area (TPSA) is 38.0 Å². The van der Waals surface area contributed by atoms with Gasteiger partial charge >= 0.3 is 0 Å². The summed E-state index contributed by atoms with van der Waals surface area (Å²) < 4.78 is 1.12. The fourth-order valence-corrected chi connectivity index (χ4v) is 2.39. The Morgan fingerprint density at radius 3 is 2.60 bits per heavy atom. The maximum atomic E-state index is 5.88. The normalized spacial score (nSPS) is 25.5. The largest absolute Gasteiger partial charge is 0.385 e. The lowest BCUT2D eigenvalue weighted by atomic mass is 10.1. The quantitative estimate of drug-likeness (QED) is 0.885. The summed E-state index contributed by atoms with van der Waals surface area (Å²) in [6.07, 6.45) is 3.63. The molecule has 0 bridgehead atoms. The van der Waals surface area contributed by atoms with Gasteiger partial charge in [0, 0.05) is 22.7 Å². The lowest BCUT2D eigenvalue weighted by Crippen LogP contribution is -2.17. The highest BCUT2D eigenvalue weighted by Gasteiger charge is 2.20. The maximum absolute atomic E-state index is 5.88. The molecule has 3 N–H and O–H groups in total. The van der Waals surface area contributed by atoms with Gasteiger partial charge in [-0.2, -0.15) is 0 Å². The zero-order valence-electron chi connectivity index (χ0n) is 8.75. The van der Waals surface area contributed by atoms with Crippen molar-refractivity contribution in [3.8, 4) is 0 Å². The van der Waals surface area contributed by atoms with Gasteiger partial charge in [-0.15, -0.1) is 0 Å². The first-order valence-electron chi connectivity index (χ1n) is 5.49. The molecule has 3 heteroatoms. The number of hydrogen-bond donors (Lipinski definition) is 2. The van der Waals surface area contributed by atoms with E-state index in [4.69, 9.17) is 5.73 Å². The Morgan fingerprint density at radius 2 is 2.00 bits per heavy atom. The van der Waals surface area contributed by atoms with Gasteiger partial charge in [-0.1, -0.05) is 15.9 Å². The molecule has 1 aromatic rings. The van der Waals surface area contributed by atoms with E-state index in [1.54, 1.807) is 0 Å². The van der Waals surface area contributed by atoms with Crippen molar-refractivity contribution in [3.05, 3.63) is 28.7 Å². The Hall–Kier alpha value is -0.540. The third kappa shape index (κ3) is 3.21. The van der Waals surface area contributed by atoms with Gasteiger partial charge in [0.05, 0.1) is 0 Å². The van der Waals surface area contributed by atoms with Crippen molar-refractivity contribution in [2.24, 2.45) is 11.7 Å². The van der Waals surface area contributed by atoms with E-state index in [0.29, 0.717) is 6.04 Å². The summed E-state index contributed by atoms with van der Waals surface area (Å²) >= 11 is 3.43. The molecule has 15 heavy (non-hydrogen) atoms. The first-order chi connectivity index (χ1) is 7.24. The number of anilines is 1. The van der Waals surface area contributed by atoms with Gasteiger partial charge in [0.15, 0.2) is 0 Å². The standard InChI is InChI=1S/C12H17BrN2/c13-10-2-5-12(6-3-10)15-8-9-1-4-11(14)7-9/h2-3,5-6,9,11,15H,1,4,7-8,14H2. The molecule has 1 saturated carbocycles. The number of benzene rings is 1. The van der Waals surface area contributed by atoms with Crippen LogP contribution in [-0.4, -0.2) is 12.6 Å². The van der Waals surface area contributed by atoms with Gasteiger partial charge in [-0.3, -0.25) is 0 Å². The molecule has 1 fully saturated rings. The molecule has 2 rings (SSSR count). The predicted octanol–water partition coefficient (Wildman–Crippen LogP) is 2.99. The highest BCUT2D eigenvalue weighted by atomic mass is 79.9. The molecule has 1 aromatic carbocycles. The third-order valence-corrected chi connectivity index (χ3v) is 3.55. The van der Waals surface area contributed by atoms with E-state index < -0.39 is 0 Å². The van der Waals surface area contributed by atoms with Crippen LogP contribution in [-0.2, 0) is 0 Å². The van der Waals surface area contributed by atoms with Gasteiger partial charge in [-0.25, -0.2) is 0 Å². The average molecular weight is 269 g/mol. The second-order valence-corrected chi connectivity index (χ2v) is 5.24. The fraction of sp³-hybridized carbons (Fsp3) is 0.500. The summed E-state index contributed by atoms with van der Waals surface area (Å²) in [7, 11) is 0. The van der Waals surface area contributed by atoms with E-state index in [1.807, 2.05) is 0 Å². The third-order valence-electron chi connectivity index (χ3n) is 3.02. The van der Waals surface area contributed by atoms with Crippen LogP contribution in [0.2, 0.25) is 0 Å². The van der Waals surface area contributed by atoms with Gasteiger partial charge < -0.3 is 11.1 Å². The molecule has 2 atom stereocenters. The molecule has 2 nitrogen and oxygen atoms in total. The molecule has 0 spiro atoms. The zero-order chi connectivity index (χ0) is 10.7. The Labute approximate surface area is 99.4 Å². The first kappa shape index (κ1) is 11.0. The van der Waals surface area contributed by atoms with Crippen LogP contribution in [0.4, 0.5) is 5.69 Å². The number of nitrogens with one attached hydrogen (secondary N) is 1. The summed E-state index contributed by atoms with van der Waals surface area (Å²) in [5, 5.41) is 3.46. The number of halogens is 1. The molecular weight excluding hydrogens is 252 g/mol. The monoisotopic (exact) mass is 268 g/mol. The van der Waals surface area contributed by atoms with E-state index in [9.17, 15) is 0 Å². The molecule has 82 valence electrons. The van der Waals surface area contributed by atoms with E-state index in [0.717, 1.165) is 16.9 Å². The molecule has 0 amide bonds. The summed E-state index contributed by atoms with van der Waals surface area (Å²) in [6, 6.07) is 8.74. The van der Waals surface area contributed by atoms with Crippen LogP contribution in [0.5, 0.6) is 0 Å². The summed E-state index contributed by atoms with van der Waals surface area (Å²) in [4.78, 5) is 0. The Bertz CT molecular complexity index is 310. The SMILES string of the molecule is NC1CCC(CNc2ccc(Br)cc2)C1. The highest BCUT2D eigenvalue weighted by molar-refractivity contribution is 9.10. The maximum Gasteiger partial charge on any atom is 0.0341 e. The molecular formula is C12H17BrN2. The van der Waals surface area contributed by atoms with Crippen LogP contribution >= 0.6 is 15.9 Å². The number of hydrogen-bond acceptors (Lipinski definition) is 2. The van der Waals surface area contributed by atoms with Crippen molar-refractivity contribution in [2.75, 3.05) is 11.9 Å². The van der Waals surface area contributed by atoms with Crippen LogP contribution in [0.1, 0.15) is 19.3 Å². The molecule has 0 radical (unpaired) electrons. The Balaban J connectivity index is 1.80. The van der Waals surface area contributed by atoms with E-state index in [2.05, 4.69) is 45.5 Å². The summed E-state index contributed by atoms with van der Waals surface area (Å²) in [5.41, 5.74) is 7.07. The molecule has 1 aliphatic rings. The number of rotatable bonds is 3. The van der Waals surface area contributed by atoms with Crippen LogP contribution in [0.15, 0.2) is 28.7 Å². The van der Waals surface area contributed by atoms with Crippen molar-refractivity contribution in [2.45, 2.75) is 25.3 Å². The smallest absolute Gasteiger partial charge is 0.0341 e. The minimum Gasteiger partial charge on any atom is -0.385 e. The van der Waals surface area contributed by atoms with Gasteiger partial charge in [-0.05, 0) is 49.4 Å². The van der Waals surface area contributed by atoms with Crippen LogP contribution in [0, 0.1) is 5.92 Å². The van der Waals surface area contributed by atoms with E-state index in [1.165, 1.54) is 24.9 Å². The van der Waals surface area contributed by atoms with Gasteiger partial charge in [0.25, 0.3) is 0 Å². The molecule has 0 aliphatic heterocycles. The van der Waals surface area contributed by atoms with Crippen molar-refractivity contribution in [1.82, 2.24) is 0 Å². The molecule has 0 heterocycles. The molecule has 0 aromatic heterocycles. The van der Waals surface area contributed by atoms with Gasteiger partial charge in [0.1, 0.15) is 0 Å². The highest BCUT2D eigenvalue weighted by Crippen LogP contribution is 2.24. The minimum absolute atomic E-state index is 0.432. The van der Waals surface area contributed by atoms with Crippen LogP contribution < -0.4 is 11.1 Å². The Morgan fingerprint density at radius 1 is 1.27 bits per heavy atom. The first-order valence-corrected chi connectivity index (χ1v) is 6.28. The summed E-state index contributed by atoms with van der Waals surface area (Å²) in [5.74, 6) is 0.753. The lowest BCUT2D eigenvalue weighted by molar-refractivity contribution is 0.566. The van der Waals surface area contributed by atoms with Crippen molar-refractivity contribution in [1.29, 1.82) is 0 Å². The second-order valence-electron chi connectivity index (χ2n) is 4.33. The summed E-state index contributed by atoms with van der Waals surface area (Å²) in [6.45, 7) is 1.05. The molecule has 1 aliphatic carbocycles. The predicted molar refractivity (Wildman–Crippen MR) is 67.9 cm³/mol. The van der Waals surface area contributed by atoms with E-state index in [-0.39, 0.29) is 0 Å². The van der Waals surface area contributed by atoms with Crippen molar-refractivity contribution < 1.29 is 0 Å². The van der Waals surface area contributed by atoms with Crippen LogP contribution in [0.25, 0.3) is 0 Å². The van der Waals surface area contributed by atoms with E-state index >= 15 is 0 Å². The lowest BCUT2D eigenvalue weighted by Gasteiger charge is -2.12. The fourth-order valence-electron chi connectivity index (χ4n) is 2.13. The van der Waals surface area contributed by atoms with Gasteiger partial charge in [0.2, 0.25) is 0 Å². The number of nitrogens with two attached hydrogens (primary N) is 1. The average Bonchev–Trinajstić information content (AvgIpc) is 2.64. The van der Waals surface area contributed by atoms with Crippen LogP contribution in [0.3, 0.4) is 0 Å². The minimum atomic E-state index is 0.432. The Kier molecular flexibility index (Phi) is 3.65.